The van der Waals surface area contributed by atoms with E-state index in [-0.39, 0.29) is 0 Å². The van der Waals surface area contributed by atoms with E-state index in [1.165, 1.54) is 0 Å². The van der Waals surface area contributed by atoms with Gasteiger partial charge < -0.3 is 5.73 Å². The zero-order valence-corrected chi connectivity index (χ0v) is 11.2. The second-order valence-electron chi connectivity index (χ2n) is 4.24. The molecule has 1 aromatic heterocycles. The summed E-state index contributed by atoms with van der Waals surface area (Å²) in [5, 5.41) is 10.7. The monoisotopic (exact) mass is 282 g/mol. The van der Waals surface area contributed by atoms with Gasteiger partial charge in [-0.05, 0) is 23.6 Å². The number of hydrogen-bond donors (Lipinski definition) is 1. The molecule has 0 saturated carbocycles. The molecule has 0 aliphatic rings. The number of halogens is 1. The van der Waals surface area contributed by atoms with Crippen LogP contribution in [0.15, 0.2) is 65.0 Å². The van der Waals surface area contributed by atoms with E-state index >= 15 is 0 Å². The summed E-state index contributed by atoms with van der Waals surface area (Å²) in [6.45, 7) is 0. The number of benzene rings is 2. The molecule has 0 fully saturated rings. The second-order valence-corrected chi connectivity index (χ2v) is 4.60. The van der Waals surface area contributed by atoms with E-state index in [0.717, 1.165) is 10.8 Å². The fourth-order valence-electron chi connectivity index (χ4n) is 1.94. The zero-order valence-electron chi connectivity index (χ0n) is 10.5. The number of nitrogens with zero attached hydrogens (tertiary/aromatic N) is 3. The third-order valence-corrected chi connectivity index (χ3v) is 3.22. The molecule has 2 N–H and O–H groups in total. The van der Waals surface area contributed by atoms with Gasteiger partial charge in [0.2, 0.25) is 0 Å². The number of nitrogen functional groups attached to an aromatic ring is 1. The molecule has 3 aromatic rings. The van der Waals surface area contributed by atoms with Crippen LogP contribution in [0.2, 0.25) is 5.15 Å². The quantitative estimate of drug-likeness (QED) is 0.413. The zero-order chi connectivity index (χ0) is 13.9. The number of rotatable bonds is 2. The van der Waals surface area contributed by atoms with E-state index in [0.29, 0.717) is 22.2 Å². The van der Waals surface area contributed by atoms with Gasteiger partial charge in [-0.3, -0.25) is 0 Å². The Hall–Kier alpha value is -2.46. The molecule has 0 radical (unpaired) electrons. The Morgan fingerprint density at radius 3 is 2.65 bits per heavy atom. The van der Waals surface area contributed by atoms with Crippen molar-refractivity contribution in [2.75, 3.05) is 5.73 Å². The van der Waals surface area contributed by atoms with E-state index in [9.17, 15) is 0 Å². The van der Waals surface area contributed by atoms with Crippen molar-refractivity contribution in [1.29, 1.82) is 0 Å². The number of hydrogen-bond acceptors (Lipinski definition) is 4. The highest BCUT2D eigenvalue weighted by Crippen LogP contribution is 2.34. The highest BCUT2D eigenvalue weighted by Gasteiger charge is 2.05. The fraction of sp³-hybridized carbons (Fsp3) is 0. The fourth-order valence-corrected chi connectivity index (χ4v) is 2.10. The molecule has 1 heterocycles. The average molecular weight is 283 g/mol. The van der Waals surface area contributed by atoms with Gasteiger partial charge in [-0.25, -0.2) is 4.98 Å². The summed E-state index contributed by atoms with van der Waals surface area (Å²) in [6.07, 6.45) is 1.60. The molecule has 0 spiro atoms. The first-order valence-electron chi connectivity index (χ1n) is 6.05. The van der Waals surface area contributed by atoms with Crippen LogP contribution in [0.3, 0.4) is 0 Å². The highest BCUT2D eigenvalue weighted by molar-refractivity contribution is 6.31. The lowest BCUT2D eigenvalue weighted by atomic mass is 10.1. The molecule has 0 saturated heterocycles. The SMILES string of the molecule is Nc1ccc2ccccc2c1N=Nc1cccnc1Cl. The summed E-state index contributed by atoms with van der Waals surface area (Å²) in [6, 6.07) is 15.2. The minimum atomic E-state index is 0.315. The first kappa shape index (κ1) is 12.6. The Morgan fingerprint density at radius 1 is 0.950 bits per heavy atom. The van der Waals surface area contributed by atoms with Crippen molar-refractivity contribution in [2.45, 2.75) is 0 Å². The molecule has 98 valence electrons. The first-order valence-corrected chi connectivity index (χ1v) is 6.43. The van der Waals surface area contributed by atoms with Crippen molar-refractivity contribution >= 4 is 39.4 Å². The van der Waals surface area contributed by atoms with Gasteiger partial charge in [-0.2, -0.15) is 0 Å². The van der Waals surface area contributed by atoms with Crippen LogP contribution < -0.4 is 5.73 Å². The predicted molar refractivity (Wildman–Crippen MR) is 81.8 cm³/mol. The third-order valence-electron chi connectivity index (χ3n) is 2.93. The molecule has 20 heavy (non-hydrogen) atoms. The second kappa shape index (κ2) is 5.27. The number of azo groups is 1. The molecule has 0 bridgehead atoms. The summed E-state index contributed by atoms with van der Waals surface area (Å²) in [5.41, 5.74) is 7.72. The van der Waals surface area contributed by atoms with E-state index in [4.69, 9.17) is 17.3 Å². The standard InChI is InChI=1S/C15H11ClN4/c16-15-13(6-3-9-18-15)19-20-14-11-5-2-1-4-10(11)7-8-12(14)17/h1-9H,17H2. The lowest BCUT2D eigenvalue weighted by molar-refractivity contribution is 1.21. The number of aromatic nitrogens is 1. The predicted octanol–water partition coefficient (Wildman–Crippen LogP) is 4.89. The lowest BCUT2D eigenvalue weighted by Crippen LogP contribution is -1.86. The van der Waals surface area contributed by atoms with Gasteiger partial charge in [0.1, 0.15) is 11.4 Å². The number of nitrogens with two attached hydrogens (primary N) is 1. The molecule has 3 rings (SSSR count). The number of anilines is 1. The van der Waals surface area contributed by atoms with Crippen molar-refractivity contribution in [3.8, 4) is 0 Å². The molecule has 2 aromatic carbocycles. The van der Waals surface area contributed by atoms with Gasteiger partial charge in [0, 0.05) is 11.6 Å². The van der Waals surface area contributed by atoms with Crippen LogP contribution in [-0.4, -0.2) is 4.98 Å². The van der Waals surface area contributed by atoms with Crippen molar-refractivity contribution in [3.63, 3.8) is 0 Å². The molecule has 0 amide bonds. The van der Waals surface area contributed by atoms with Gasteiger partial charge in [0.25, 0.3) is 0 Å². The van der Waals surface area contributed by atoms with Crippen LogP contribution in [0.25, 0.3) is 10.8 Å². The molecule has 0 atom stereocenters. The molecular weight excluding hydrogens is 272 g/mol. The summed E-state index contributed by atoms with van der Waals surface area (Å²) in [5.74, 6) is 0. The average Bonchev–Trinajstić information content (AvgIpc) is 2.48. The van der Waals surface area contributed by atoms with Gasteiger partial charge in [-0.15, -0.1) is 10.2 Å². The molecular formula is C15H11ClN4. The smallest absolute Gasteiger partial charge is 0.156 e. The maximum atomic E-state index is 5.99. The largest absolute Gasteiger partial charge is 0.397 e. The van der Waals surface area contributed by atoms with Crippen LogP contribution in [0.1, 0.15) is 0 Å². The third kappa shape index (κ3) is 2.33. The Balaban J connectivity index is 2.11. The summed E-state index contributed by atoms with van der Waals surface area (Å²) in [4.78, 5) is 3.96. The van der Waals surface area contributed by atoms with Gasteiger partial charge >= 0.3 is 0 Å². The first-order chi connectivity index (χ1) is 9.75. The minimum absolute atomic E-state index is 0.315. The van der Waals surface area contributed by atoms with Crippen molar-refractivity contribution < 1.29 is 0 Å². The Bertz CT molecular complexity index is 799. The number of pyridine rings is 1. The van der Waals surface area contributed by atoms with Gasteiger partial charge in [0.05, 0.1) is 5.69 Å². The molecule has 0 unspecified atom stereocenters. The Labute approximate surface area is 120 Å². The molecule has 0 aliphatic heterocycles. The molecule has 0 aliphatic carbocycles. The van der Waals surface area contributed by atoms with E-state index < -0.39 is 0 Å². The number of fused-ring (bicyclic) bond motifs is 1. The summed E-state index contributed by atoms with van der Waals surface area (Å²) >= 11 is 5.95. The normalized spacial score (nSPS) is 11.2. The molecule has 5 heteroatoms. The van der Waals surface area contributed by atoms with Crippen LogP contribution in [0, 0.1) is 0 Å². The van der Waals surface area contributed by atoms with Crippen LogP contribution in [-0.2, 0) is 0 Å². The minimum Gasteiger partial charge on any atom is -0.397 e. The van der Waals surface area contributed by atoms with Crippen LogP contribution in [0.5, 0.6) is 0 Å². The highest BCUT2D eigenvalue weighted by atomic mass is 35.5. The van der Waals surface area contributed by atoms with Crippen LogP contribution >= 0.6 is 11.6 Å². The molecule has 4 nitrogen and oxygen atoms in total. The summed E-state index contributed by atoms with van der Waals surface area (Å²) < 4.78 is 0. The van der Waals surface area contributed by atoms with Gasteiger partial charge in [0.15, 0.2) is 5.15 Å². The van der Waals surface area contributed by atoms with E-state index in [2.05, 4.69) is 15.2 Å². The lowest BCUT2D eigenvalue weighted by Gasteiger charge is -2.04. The van der Waals surface area contributed by atoms with Crippen molar-refractivity contribution in [3.05, 3.63) is 59.9 Å². The van der Waals surface area contributed by atoms with E-state index in [1.807, 2.05) is 36.4 Å². The topological polar surface area (TPSA) is 63.6 Å². The van der Waals surface area contributed by atoms with Gasteiger partial charge in [-0.1, -0.05) is 41.9 Å². The maximum Gasteiger partial charge on any atom is 0.156 e. The summed E-state index contributed by atoms with van der Waals surface area (Å²) in [7, 11) is 0. The Morgan fingerprint density at radius 2 is 1.80 bits per heavy atom. The van der Waals surface area contributed by atoms with Crippen LogP contribution in [0.4, 0.5) is 17.1 Å². The maximum absolute atomic E-state index is 5.99. The van der Waals surface area contributed by atoms with Crippen molar-refractivity contribution in [1.82, 2.24) is 4.98 Å². The van der Waals surface area contributed by atoms with E-state index in [1.54, 1.807) is 18.3 Å². The Kier molecular flexibility index (Phi) is 3.31. The van der Waals surface area contributed by atoms with Crippen molar-refractivity contribution in [2.24, 2.45) is 10.2 Å².